The second kappa shape index (κ2) is 6.23. The summed E-state index contributed by atoms with van der Waals surface area (Å²) in [7, 11) is -2.11. The molecule has 8 heteroatoms. The molecule has 1 heterocycles. The van der Waals surface area contributed by atoms with Crippen LogP contribution in [0, 0.1) is 5.82 Å². The van der Waals surface area contributed by atoms with Crippen LogP contribution in [0.5, 0.6) is 0 Å². The number of aromatic amines is 1. The van der Waals surface area contributed by atoms with Crippen LogP contribution in [0.1, 0.15) is 12.5 Å². The third-order valence-corrected chi connectivity index (χ3v) is 4.90. The van der Waals surface area contributed by atoms with Gasteiger partial charge in [0.25, 0.3) is 10.0 Å². The average Bonchev–Trinajstić information content (AvgIpc) is 2.89. The molecule has 0 unspecified atom stereocenters. The molecule has 0 amide bonds. The van der Waals surface area contributed by atoms with E-state index in [0.29, 0.717) is 12.1 Å². The van der Waals surface area contributed by atoms with E-state index in [1.54, 1.807) is 20.0 Å². The fourth-order valence-electron chi connectivity index (χ4n) is 2.07. The maximum absolute atomic E-state index is 13.3. The Morgan fingerprint density at radius 1 is 1.43 bits per heavy atom. The van der Waals surface area contributed by atoms with Gasteiger partial charge in [-0.05, 0) is 32.2 Å². The maximum atomic E-state index is 13.3. The molecule has 114 valence electrons. The van der Waals surface area contributed by atoms with E-state index in [1.165, 1.54) is 24.4 Å². The summed E-state index contributed by atoms with van der Waals surface area (Å²) in [4.78, 5) is 0. The standard InChI is InChI=1S/C13H17FN4O2S/c1-3-18(12-6-4-5-11(14)7-12)21(19,20)13-10(8-15-2)9-16-17-13/h4-7,9,15H,3,8H2,1-2H3,(H,16,17). The minimum Gasteiger partial charge on any atom is -0.316 e. The first-order valence-electron chi connectivity index (χ1n) is 6.45. The first-order valence-corrected chi connectivity index (χ1v) is 7.89. The molecule has 1 aromatic heterocycles. The Kier molecular flexibility index (Phi) is 4.59. The number of nitrogens with zero attached hydrogens (tertiary/aromatic N) is 2. The van der Waals surface area contributed by atoms with Gasteiger partial charge in [0.05, 0.1) is 11.9 Å². The van der Waals surface area contributed by atoms with Crippen LogP contribution in [0.25, 0.3) is 0 Å². The molecule has 21 heavy (non-hydrogen) atoms. The molecule has 1 aromatic carbocycles. The molecule has 2 aromatic rings. The minimum absolute atomic E-state index is 0.0166. The third kappa shape index (κ3) is 3.06. The van der Waals surface area contributed by atoms with Crippen LogP contribution in [-0.4, -0.2) is 32.2 Å². The molecule has 0 radical (unpaired) electrons. The lowest BCUT2D eigenvalue weighted by Crippen LogP contribution is -2.32. The molecule has 2 N–H and O–H groups in total. The number of halogens is 1. The van der Waals surface area contributed by atoms with Gasteiger partial charge in [-0.1, -0.05) is 6.07 Å². The number of H-pyrrole nitrogens is 1. The van der Waals surface area contributed by atoms with Gasteiger partial charge in [-0.15, -0.1) is 0 Å². The summed E-state index contributed by atoms with van der Waals surface area (Å²) in [6.07, 6.45) is 1.46. The van der Waals surface area contributed by atoms with Crippen molar-refractivity contribution in [3.05, 3.63) is 41.8 Å². The topological polar surface area (TPSA) is 78.1 Å². The van der Waals surface area contributed by atoms with Gasteiger partial charge in [-0.25, -0.2) is 4.39 Å². The zero-order chi connectivity index (χ0) is 15.5. The first kappa shape index (κ1) is 15.5. The number of aromatic nitrogens is 2. The second-order valence-corrected chi connectivity index (χ2v) is 6.20. The summed E-state index contributed by atoms with van der Waals surface area (Å²) in [6, 6.07) is 5.49. The molecule has 0 aliphatic heterocycles. The van der Waals surface area contributed by atoms with Crippen molar-refractivity contribution in [2.45, 2.75) is 18.5 Å². The molecule has 0 atom stereocenters. The molecular formula is C13H17FN4O2S. The highest BCUT2D eigenvalue weighted by atomic mass is 32.2. The predicted molar refractivity (Wildman–Crippen MR) is 78.0 cm³/mol. The van der Waals surface area contributed by atoms with Crippen LogP contribution in [0.2, 0.25) is 0 Å². The van der Waals surface area contributed by atoms with Crippen molar-refractivity contribution >= 4 is 15.7 Å². The van der Waals surface area contributed by atoms with E-state index < -0.39 is 15.8 Å². The van der Waals surface area contributed by atoms with Crippen molar-refractivity contribution in [3.8, 4) is 0 Å². The van der Waals surface area contributed by atoms with E-state index in [2.05, 4.69) is 15.5 Å². The van der Waals surface area contributed by atoms with Crippen molar-refractivity contribution in [2.24, 2.45) is 0 Å². The van der Waals surface area contributed by atoms with Crippen LogP contribution in [-0.2, 0) is 16.6 Å². The highest BCUT2D eigenvalue weighted by molar-refractivity contribution is 7.92. The van der Waals surface area contributed by atoms with Crippen LogP contribution in [0.15, 0.2) is 35.5 Å². The highest BCUT2D eigenvalue weighted by Gasteiger charge is 2.28. The van der Waals surface area contributed by atoms with Gasteiger partial charge in [0.15, 0.2) is 5.03 Å². The largest absolute Gasteiger partial charge is 0.316 e. The summed E-state index contributed by atoms with van der Waals surface area (Å²) in [5.74, 6) is -0.485. The quantitative estimate of drug-likeness (QED) is 0.847. The Morgan fingerprint density at radius 3 is 2.81 bits per heavy atom. The summed E-state index contributed by atoms with van der Waals surface area (Å²) < 4.78 is 40.0. The monoisotopic (exact) mass is 312 g/mol. The van der Waals surface area contributed by atoms with Gasteiger partial charge in [-0.2, -0.15) is 13.5 Å². The van der Waals surface area contributed by atoms with E-state index in [0.717, 1.165) is 4.31 Å². The number of anilines is 1. The lowest BCUT2D eigenvalue weighted by atomic mass is 10.3. The third-order valence-electron chi connectivity index (χ3n) is 2.98. The minimum atomic E-state index is -3.82. The van der Waals surface area contributed by atoms with Crippen LogP contribution < -0.4 is 9.62 Å². The Bertz CT molecular complexity index is 714. The first-order chi connectivity index (χ1) is 10.0. The van der Waals surface area contributed by atoms with Crippen molar-refractivity contribution < 1.29 is 12.8 Å². The summed E-state index contributed by atoms with van der Waals surface area (Å²) in [5, 5.41) is 9.21. The number of rotatable bonds is 6. The Morgan fingerprint density at radius 2 is 2.19 bits per heavy atom. The number of sulfonamides is 1. The molecule has 6 nitrogen and oxygen atoms in total. The van der Waals surface area contributed by atoms with E-state index in [1.807, 2.05) is 0 Å². The summed E-state index contributed by atoms with van der Waals surface area (Å²) >= 11 is 0. The van der Waals surface area contributed by atoms with E-state index in [4.69, 9.17) is 0 Å². The van der Waals surface area contributed by atoms with E-state index in [-0.39, 0.29) is 17.3 Å². The van der Waals surface area contributed by atoms with E-state index in [9.17, 15) is 12.8 Å². The average molecular weight is 312 g/mol. The molecule has 0 aliphatic carbocycles. The summed E-state index contributed by atoms with van der Waals surface area (Å²) in [5.41, 5.74) is 0.815. The molecule has 0 aliphatic rings. The SMILES string of the molecule is CCN(c1cccc(F)c1)S(=O)(=O)c1[nH]ncc1CNC. The molecular weight excluding hydrogens is 295 g/mol. The van der Waals surface area contributed by atoms with Crippen LogP contribution in [0.3, 0.4) is 0 Å². The highest BCUT2D eigenvalue weighted by Crippen LogP contribution is 2.24. The van der Waals surface area contributed by atoms with Crippen molar-refractivity contribution in [3.63, 3.8) is 0 Å². The maximum Gasteiger partial charge on any atom is 0.281 e. The summed E-state index contributed by atoms with van der Waals surface area (Å²) in [6.45, 7) is 2.24. The van der Waals surface area contributed by atoms with Gasteiger partial charge >= 0.3 is 0 Å². The van der Waals surface area contributed by atoms with Crippen molar-refractivity contribution in [1.29, 1.82) is 0 Å². The van der Waals surface area contributed by atoms with Gasteiger partial charge in [-0.3, -0.25) is 9.40 Å². The fraction of sp³-hybridized carbons (Fsp3) is 0.308. The van der Waals surface area contributed by atoms with Crippen molar-refractivity contribution in [1.82, 2.24) is 15.5 Å². The number of nitrogens with one attached hydrogen (secondary N) is 2. The Labute approximate surface area is 123 Å². The van der Waals surface area contributed by atoms with Crippen molar-refractivity contribution in [2.75, 3.05) is 17.9 Å². The predicted octanol–water partition coefficient (Wildman–Crippen LogP) is 1.48. The van der Waals surface area contributed by atoms with Gasteiger partial charge in [0.2, 0.25) is 0 Å². The molecule has 0 spiro atoms. The van der Waals surface area contributed by atoms with E-state index >= 15 is 0 Å². The van der Waals surface area contributed by atoms with Crippen LogP contribution >= 0.6 is 0 Å². The number of hydrogen-bond acceptors (Lipinski definition) is 4. The van der Waals surface area contributed by atoms with Gasteiger partial charge in [0, 0.05) is 18.7 Å². The lowest BCUT2D eigenvalue weighted by Gasteiger charge is -2.22. The second-order valence-electron chi connectivity index (χ2n) is 4.40. The van der Waals surface area contributed by atoms with Crippen LogP contribution in [0.4, 0.5) is 10.1 Å². The normalized spacial score (nSPS) is 11.6. The molecule has 0 fully saturated rings. The number of hydrogen-bond donors (Lipinski definition) is 2. The Hall–Kier alpha value is -1.93. The molecule has 0 saturated heterocycles. The smallest absolute Gasteiger partial charge is 0.281 e. The lowest BCUT2D eigenvalue weighted by molar-refractivity contribution is 0.585. The van der Waals surface area contributed by atoms with Gasteiger partial charge < -0.3 is 5.32 Å². The Balaban J connectivity index is 2.47. The molecule has 2 rings (SSSR count). The van der Waals surface area contributed by atoms with Gasteiger partial charge in [0.1, 0.15) is 5.82 Å². The zero-order valence-corrected chi connectivity index (χ0v) is 12.6. The number of benzene rings is 1. The molecule has 0 saturated carbocycles. The molecule has 0 bridgehead atoms. The fourth-order valence-corrected chi connectivity index (χ4v) is 3.65. The zero-order valence-electron chi connectivity index (χ0n) is 11.8.